The Morgan fingerprint density at radius 1 is 1.00 bits per heavy atom. The zero-order chi connectivity index (χ0) is 14.2. The van der Waals surface area contributed by atoms with Crippen molar-refractivity contribution >= 4 is 30.5 Å². The van der Waals surface area contributed by atoms with Gasteiger partial charge in [-0.1, -0.05) is 42.5 Å². The monoisotopic (exact) mass is 351 g/mol. The van der Waals surface area contributed by atoms with Gasteiger partial charge in [0.25, 0.3) is 0 Å². The van der Waals surface area contributed by atoms with E-state index in [2.05, 4.69) is 52.7 Å². The standard InChI is InChI=1S/C18H21N3.2ClH/c19-16-8-4-7-14-15(13-5-2-1-3-6-13)12-21-10-9-20-11-17(21)18(14)16;;/h1-8,15,17,20H,9-12,19H2;2*1H/t15-,17+;;/m1../s1. The first-order valence-corrected chi connectivity index (χ1v) is 7.72. The Morgan fingerprint density at radius 3 is 2.57 bits per heavy atom. The molecule has 0 aromatic heterocycles. The normalized spacial score (nSPS) is 23.0. The molecule has 0 unspecified atom stereocenters. The molecule has 2 aliphatic rings. The Hall–Kier alpha value is -1.26. The van der Waals surface area contributed by atoms with Crippen LogP contribution in [0.4, 0.5) is 5.69 Å². The van der Waals surface area contributed by atoms with Crippen LogP contribution in [0, 0.1) is 0 Å². The molecule has 1 saturated heterocycles. The fraction of sp³-hybridized carbons (Fsp3) is 0.333. The van der Waals surface area contributed by atoms with Crippen LogP contribution in [0.3, 0.4) is 0 Å². The summed E-state index contributed by atoms with van der Waals surface area (Å²) in [5, 5.41) is 3.51. The minimum atomic E-state index is 0. The maximum Gasteiger partial charge on any atom is 0.0496 e. The van der Waals surface area contributed by atoms with Crippen molar-refractivity contribution in [2.45, 2.75) is 12.0 Å². The highest BCUT2D eigenvalue weighted by atomic mass is 35.5. The van der Waals surface area contributed by atoms with Gasteiger partial charge in [0.15, 0.2) is 0 Å². The number of rotatable bonds is 1. The molecule has 0 amide bonds. The van der Waals surface area contributed by atoms with Gasteiger partial charge >= 0.3 is 0 Å². The van der Waals surface area contributed by atoms with Gasteiger partial charge in [-0.05, 0) is 22.8 Å². The van der Waals surface area contributed by atoms with Gasteiger partial charge in [-0.25, -0.2) is 0 Å². The van der Waals surface area contributed by atoms with Crippen molar-refractivity contribution in [2.24, 2.45) is 0 Å². The van der Waals surface area contributed by atoms with Crippen molar-refractivity contribution < 1.29 is 0 Å². The predicted octanol–water partition coefficient (Wildman–Crippen LogP) is 3.20. The molecule has 2 atom stereocenters. The van der Waals surface area contributed by atoms with Gasteiger partial charge in [0.05, 0.1) is 0 Å². The first-order chi connectivity index (χ1) is 10.3. The number of hydrogen-bond donors (Lipinski definition) is 2. The van der Waals surface area contributed by atoms with E-state index in [1.165, 1.54) is 16.7 Å². The summed E-state index contributed by atoms with van der Waals surface area (Å²) in [6, 6.07) is 17.6. The summed E-state index contributed by atoms with van der Waals surface area (Å²) in [5.74, 6) is 0.430. The molecule has 2 aromatic rings. The van der Waals surface area contributed by atoms with Gasteiger partial charge in [0, 0.05) is 43.8 Å². The number of benzene rings is 2. The Kier molecular flexibility index (Phi) is 5.93. The fourth-order valence-electron chi connectivity index (χ4n) is 3.84. The molecule has 23 heavy (non-hydrogen) atoms. The zero-order valence-electron chi connectivity index (χ0n) is 12.9. The van der Waals surface area contributed by atoms with Crippen LogP contribution < -0.4 is 11.1 Å². The lowest BCUT2D eigenvalue weighted by molar-refractivity contribution is 0.144. The first-order valence-electron chi connectivity index (χ1n) is 7.72. The number of halogens is 2. The Morgan fingerprint density at radius 2 is 1.78 bits per heavy atom. The molecule has 1 fully saturated rings. The van der Waals surface area contributed by atoms with Gasteiger partial charge < -0.3 is 11.1 Å². The molecule has 0 radical (unpaired) electrons. The number of nitrogens with one attached hydrogen (secondary N) is 1. The SMILES string of the molecule is Cl.Cl.Nc1cccc2c1[C@@H]1CNCCN1C[C@@H]2c1ccccc1. The lowest BCUT2D eigenvalue weighted by Gasteiger charge is -2.44. The van der Waals surface area contributed by atoms with E-state index in [0.717, 1.165) is 31.9 Å². The topological polar surface area (TPSA) is 41.3 Å². The van der Waals surface area contributed by atoms with Crippen LogP contribution in [0.5, 0.6) is 0 Å². The van der Waals surface area contributed by atoms with Crippen LogP contribution in [-0.2, 0) is 0 Å². The molecule has 0 bridgehead atoms. The summed E-state index contributed by atoms with van der Waals surface area (Å²) in [6.45, 7) is 4.26. The Bertz CT molecular complexity index is 648. The highest BCUT2D eigenvalue weighted by Crippen LogP contribution is 2.42. The summed E-state index contributed by atoms with van der Waals surface area (Å²) in [5.41, 5.74) is 11.4. The number of fused-ring (bicyclic) bond motifs is 3. The van der Waals surface area contributed by atoms with Crippen LogP contribution >= 0.6 is 24.8 Å². The van der Waals surface area contributed by atoms with E-state index in [9.17, 15) is 0 Å². The van der Waals surface area contributed by atoms with E-state index < -0.39 is 0 Å². The molecule has 0 saturated carbocycles. The predicted molar refractivity (Wildman–Crippen MR) is 101 cm³/mol. The number of nitrogens with zero attached hydrogens (tertiary/aromatic N) is 1. The molecule has 2 aromatic carbocycles. The molecular formula is C18H23Cl2N3. The third-order valence-electron chi connectivity index (χ3n) is 4.86. The third-order valence-corrected chi connectivity index (χ3v) is 4.86. The van der Waals surface area contributed by atoms with E-state index >= 15 is 0 Å². The second-order valence-corrected chi connectivity index (χ2v) is 6.03. The van der Waals surface area contributed by atoms with Crippen LogP contribution in [0.25, 0.3) is 0 Å². The smallest absolute Gasteiger partial charge is 0.0496 e. The van der Waals surface area contributed by atoms with Gasteiger partial charge in [-0.15, -0.1) is 24.8 Å². The van der Waals surface area contributed by atoms with Gasteiger partial charge in [-0.2, -0.15) is 0 Å². The Labute approximate surface area is 150 Å². The van der Waals surface area contributed by atoms with E-state index in [-0.39, 0.29) is 24.8 Å². The molecule has 5 heteroatoms. The number of hydrogen-bond acceptors (Lipinski definition) is 3. The Balaban J connectivity index is 0.000000960. The highest BCUT2D eigenvalue weighted by Gasteiger charge is 2.36. The van der Waals surface area contributed by atoms with Crippen molar-refractivity contribution in [3.8, 4) is 0 Å². The fourth-order valence-corrected chi connectivity index (χ4v) is 3.84. The summed E-state index contributed by atoms with van der Waals surface area (Å²) in [6.07, 6.45) is 0. The summed E-state index contributed by atoms with van der Waals surface area (Å²) in [4.78, 5) is 2.59. The van der Waals surface area contributed by atoms with Crippen molar-refractivity contribution in [2.75, 3.05) is 31.9 Å². The molecule has 2 heterocycles. The van der Waals surface area contributed by atoms with Crippen molar-refractivity contribution in [1.82, 2.24) is 10.2 Å². The van der Waals surface area contributed by atoms with Crippen molar-refractivity contribution in [1.29, 1.82) is 0 Å². The molecule has 3 nitrogen and oxygen atoms in total. The van der Waals surface area contributed by atoms with Gasteiger partial charge in [-0.3, -0.25) is 4.90 Å². The first kappa shape index (κ1) is 18.1. The second kappa shape index (κ2) is 7.54. The number of anilines is 1. The second-order valence-electron chi connectivity index (χ2n) is 6.03. The molecule has 0 spiro atoms. The zero-order valence-corrected chi connectivity index (χ0v) is 14.6. The van der Waals surface area contributed by atoms with Crippen molar-refractivity contribution in [3.05, 3.63) is 65.2 Å². The van der Waals surface area contributed by atoms with Gasteiger partial charge in [0.2, 0.25) is 0 Å². The van der Waals surface area contributed by atoms with Crippen LogP contribution in [0.1, 0.15) is 28.7 Å². The molecule has 3 N–H and O–H groups in total. The minimum absolute atomic E-state index is 0. The van der Waals surface area contributed by atoms with Gasteiger partial charge in [0.1, 0.15) is 0 Å². The van der Waals surface area contributed by atoms with Crippen LogP contribution in [0.15, 0.2) is 48.5 Å². The molecule has 124 valence electrons. The van der Waals surface area contributed by atoms with Crippen LogP contribution in [-0.4, -0.2) is 31.1 Å². The largest absolute Gasteiger partial charge is 0.398 e. The average Bonchev–Trinajstić information content (AvgIpc) is 2.55. The quantitative estimate of drug-likeness (QED) is 0.775. The average molecular weight is 352 g/mol. The lowest BCUT2D eigenvalue weighted by atomic mass is 9.80. The van der Waals surface area contributed by atoms with Crippen LogP contribution in [0.2, 0.25) is 0 Å². The lowest BCUT2D eigenvalue weighted by Crippen LogP contribution is -2.50. The van der Waals surface area contributed by atoms with E-state index in [1.807, 2.05) is 6.07 Å². The maximum atomic E-state index is 6.33. The van der Waals surface area contributed by atoms with E-state index in [1.54, 1.807) is 0 Å². The van der Waals surface area contributed by atoms with E-state index in [0.29, 0.717) is 12.0 Å². The summed E-state index contributed by atoms with van der Waals surface area (Å²) < 4.78 is 0. The minimum Gasteiger partial charge on any atom is -0.398 e. The molecule has 0 aliphatic carbocycles. The summed E-state index contributed by atoms with van der Waals surface area (Å²) >= 11 is 0. The number of nitrogen functional groups attached to an aromatic ring is 1. The van der Waals surface area contributed by atoms with E-state index in [4.69, 9.17) is 5.73 Å². The molecular weight excluding hydrogens is 329 g/mol. The summed E-state index contributed by atoms with van der Waals surface area (Å²) in [7, 11) is 0. The highest BCUT2D eigenvalue weighted by molar-refractivity contribution is 5.85. The number of nitrogens with two attached hydrogens (primary N) is 1. The van der Waals surface area contributed by atoms with Crippen molar-refractivity contribution in [3.63, 3.8) is 0 Å². The third kappa shape index (κ3) is 3.20. The molecule has 4 rings (SSSR count). The molecule has 2 aliphatic heterocycles. The number of piperazine rings is 1. The maximum absolute atomic E-state index is 6.33.